The molecule has 0 aromatic heterocycles. The topological polar surface area (TPSA) is 81.7 Å². The Hall–Kier alpha value is -1.35. The Morgan fingerprint density at radius 1 is 1.03 bits per heavy atom. The van der Waals surface area contributed by atoms with Gasteiger partial charge in [-0.15, -0.1) is 0 Å². The first-order valence-corrected chi connectivity index (χ1v) is 14.1. The summed E-state index contributed by atoms with van der Waals surface area (Å²) >= 11 is 4.40. The molecule has 0 bridgehead atoms. The SMILES string of the molecule is CCOC(=O)OC1[C@H](I)C(OC)O[C@@](OC)(c2ccc(OC)c(Cc3ccc(OCC)cc3)c2)[C@@H]1I. The van der Waals surface area contributed by atoms with Gasteiger partial charge < -0.3 is 33.2 Å². The Morgan fingerprint density at radius 3 is 2.33 bits per heavy atom. The summed E-state index contributed by atoms with van der Waals surface area (Å²) in [6.07, 6.45) is -1.40. The van der Waals surface area contributed by atoms with Crippen LogP contribution in [0.15, 0.2) is 42.5 Å². The maximum Gasteiger partial charge on any atom is 0.508 e. The van der Waals surface area contributed by atoms with Crippen molar-refractivity contribution < 1.29 is 38.0 Å². The smallest absolute Gasteiger partial charge is 0.496 e. The molecular formula is C26H32I2O8. The zero-order chi connectivity index (χ0) is 26.3. The third kappa shape index (κ3) is 6.37. The van der Waals surface area contributed by atoms with Crippen LogP contribution in [0, 0.1) is 0 Å². The first-order chi connectivity index (χ1) is 17.3. The molecule has 1 heterocycles. The number of ether oxygens (including phenoxy) is 7. The second-order valence-corrected chi connectivity index (χ2v) is 10.8. The Morgan fingerprint density at radius 2 is 1.75 bits per heavy atom. The maximum absolute atomic E-state index is 12.2. The van der Waals surface area contributed by atoms with Crippen molar-refractivity contribution in [3.8, 4) is 11.5 Å². The monoisotopic (exact) mass is 726 g/mol. The van der Waals surface area contributed by atoms with Gasteiger partial charge in [-0.1, -0.05) is 57.3 Å². The third-order valence-electron chi connectivity index (χ3n) is 5.86. The van der Waals surface area contributed by atoms with Gasteiger partial charge in [-0.05, 0) is 55.3 Å². The average molecular weight is 726 g/mol. The fourth-order valence-electron chi connectivity index (χ4n) is 4.13. The summed E-state index contributed by atoms with van der Waals surface area (Å²) in [5.74, 6) is 0.323. The summed E-state index contributed by atoms with van der Waals surface area (Å²) in [5, 5.41) is 0. The number of hydrogen-bond acceptors (Lipinski definition) is 8. The van der Waals surface area contributed by atoms with E-state index in [4.69, 9.17) is 33.2 Å². The largest absolute Gasteiger partial charge is 0.508 e. The summed E-state index contributed by atoms with van der Waals surface area (Å²) in [5.41, 5.74) is 2.81. The Labute approximate surface area is 239 Å². The predicted octanol–water partition coefficient (Wildman–Crippen LogP) is 5.64. The van der Waals surface area contributed by atoms with Gasteiger partial charge in [0.05, 0.1) is 20.3 Å². The lowest BCUT2D eigenvalue weighted by Crippen LogP contribution is -2.61. The van der Waals surface area contributed by atoms with Crippen LogP contribution < -0.4 is 9.47 Å². The van der Waals surface area contributed by atoms with E-state index in [0.717, 1.165) is 28.2 Å². The van der Waals surface area contributed by atoms with Crippen molar-refractivity contribution in [2.24, 2.45) is 0 Å². The third-order valence-corrected chi connectivity index (χ3v) is 8.68. The normalized spacial score (nSPS) is 25.8. The van der Waals surface area contributed by atoms with Gasteiger partial charge >= 0.3 is 6.16 Å². The first-order valence-electron chi connectivity index (χ1n) is 11.6. The lowest BCUT2D eigenvalue weighted by molar-refractivity contribution is -0.330. The number of methoxy groups -OCH3 is 3. The van der Waals surface area contributed by atoms with Crippen molar-refractivity contribution in [2.75, 3.05) is 34.5 Å². The van der Waals surface area contributed by atoms with Crippen LogP contribution in [0.2, 0.25) is 0 Å². The van der Waals surface area contributed by atoms with Crippen LogP contribution in [0.5, 0.6) is 11.5 Å². The van der Waals surface area contributed by atoms with Gasteiger partial charge in [0.1, 0.15) is 25.5 Å². The van der Waals surface area contributed by atoms with Crippen LogP contribution in [0.25, 0.3) is 0 Å². The molecule has 5 atom stereocenters. The molecule has 0 N–H and O–H groups in total. The van der Waals surface area contributed by atoms with E-state index in [0.29, 0.717) is 13.0 Å². The minimum absolute atomic E-state index is 0.219. The Bertz CT molecular complexity index is 1000. The van der Waals surface area contributed by atoms with Crippen LogP contribution in [0.4, 0.5) is 4.79 Å². The van der Waals surface area contributed by atoms with Crippen molar-refractivity contribution in [3.63, 3.8) is 0 Å². The zero-order valence-corrected chi connectivity index (χ0v) is 25.3. The molecule has 0 radical (unpaired) electrons. The van der Waals surface area contributed by atoms with Crippen LogP contribution in [0.3, 0.4) is 0 Å². The molecule has 198 valence electrons. The highest BCUT2D eigenvalue weighted by molar-refractivity contribution is 14.1. The van der Waals surface area contributed by atoms with E-state index in [1.54, 1.807) is 28.3 Å². The van der Waals surface area contributed by atoms with Crippen molar-refractivity contribution in [1.29, 1.82) is 0 Å². The maximum atomic E-state index is 12.2. The molecule has 0 saturated carbocycles. The van der Waals surface area contributed by atoms with E-state index in [2.05, 4.69) is 45.2 Å². The van der Waals surface area contributed by atoms with E-state index in [9.17, 15) is 4.79 Å². The van der Waals surface area contributed by atoms with Gasteiger partial charge in [0, 0.05) is 26.2 Å². The molecule has 36 heavy (non-hydrogen) atoms. The highest BCUT2D eigenvalue weighted by Gasteiger charge is 2.57. The van der Waals surface area contributed by atoms with Crippen molar-refractivity contribution in [2.45, 2.75) is 46.3 Å². The molecule has 0 amide bonds. The quantitative estimate of drug-likeness (QED) is 0.177. The highest BCUT2D eigenvalue weighted by atomic mass is 127. The van der Waals surface area contributed by atoms with Gasteiger partial charge in [0.15, 0.2) is 6.29 Å². The Kier molecular flexibility index (Phi) is 10.9. The lowest BCUT2D eigenvalue weighted by atomic mass is 9.91. The minimum Gasteiger partial charge on any atom is -0.496 e. The second-order valence-electron chi connectivity index (χ2n) is 7.99. The molecule has 1 aliphatic rings. The van der Waals surface area contributed by atoms with E-state index < -0.39 is 28.3 Å². The van der Waals surface area contributed by atoms with Gasteiger partial charge in [-0.25, -0.2) is 4.79 Å². The summed E-state index contributed by atoms with van der Waals surface area (Å²) in [6, 6.07) is 13.8. The molecule has 10 heteroatoms. The predicted molar refractivity (Wildman–Crippen MR) is 151 cm³/mol. The highest BCUT2D eigenvalue weighted by Crippen LogP contribution is 2.47. The number of rotatable bonds is 10. The number of carbonyl (C=O) groups is 1. The van der Waals surface area contributed by atoms with Crippen LogP contribution >= 0.6 is 45.2 Å². The number of hydrogen-bond donors (Lipinski definition) is 0. The molecule has 1 aliphatic heterocycles. The number of halogens is 2. The molecule has 8 nitrogen and oxygen atoms in total. The number of alkyl halides is 2. The number of benzene rings is 2. The molecule has 1 saturated heterocycles. The molecule has 2 aromatic carbocycles. The van der Waals surface area contributed by atoms with Crippen molar-refractivity contribution in [3.05, 3.63) is 59.2 Å². The van der Waals surface area contributed by atoms with E-state index in [1.807, 2.05) is 49.4 Å². The second kappa shape index (κ2) is 13.4. The van der Waals surface area contributed by atoms with E-state index in [-0.39, 0.29) is 10.5 Å². The van der Waals surface area contributed by atoms with Crippen molar-refractivity contribution in [1.82, 2.24) is 0 Å². The molecule has 1 fully saturated rings. The average Bonchev–Trinajstić information content (AvgIpc) is 2.88. The molecule has 3 rings (SSSR count). The number of carbonyl (C=O) groups excluding carboxylic acids is 1. The molecule has 0 spiro atoms. The first kappa shape index (κ1) is 29.2. The Balaban J connectivity index is 1.99. The fourth-order valence-corrected chi connectivity index (χ4v) is 7.28. The molecule has 2 unspecified atom stereocenters. The van der Waals surface area contributed by atoms with Gasteiger partial charge in [0.25, 0.3) is 0 Å². The van der Waals surface area contributed by atoms with E-state index in [1.165, 1.54) is 0 Å². The van der Waals surface area contributed by atoms with Crippen LogP contribution in [0.1, 0.15) is 30.5 Å². The van der Waals surface area contributed by atoms with Crippen LogP contribution in [-0.4, -0.2) is 60.9 Å². The fraction of sp³-hybridized carbons (Fsp3) is 0.500. The molecular weight excluding hydrogens is 694 g/mol. The standard InChI is InChI=1S/C26H32I2O8/c1-6-33-19-11-8-16(9-12-19)14-17-15-18(10-13-20(17)30-3)26(32-5)23(28)22(35-25(29)34-7-2)21(27)24(31-4)36-26/h8-13,15,21-24H,6-7,14H2,1-5H3/t21-,22?,23+,24?,26-/m0/s1. The van der Waals surface area contributed by atoms with Crippen molar-refractivity contribution >= 4 is 51.3 Å². The minimum atomic E-state index is -1.25. The lowest BCUT2D eigenvalue weighted by Gasteiger charge is -2.48. The summed E-state index contributed by atoms with van der Waals surface area (Å²) in [6.45, 7) is 4.53. The summed E-state index contributed by atoms with van der Waals surface area (Å²) in [7, 11) is 4.77. The van der Waals surface area contributed by atoms with Gasteiger partial charge in [-0.2, -0.15) is 0 Å². The summed E-state index contributed by atoms with van der Waals surface area (Å²) < 4.78 is 39.4. The molecule has 2 aromatic rings. The van der Waals surface area contributed by atoms with Gasteiger partial charge in [-0.3, -0.25) is 0 Å². The summed E-state index contributed by atoms with van der Waals surface area (Å²) in [4.78, 5) is 12.2. The van der Waals surface area contributed by atoms with Crippen LogP contribution in [-0.2, 0) is 35.9 Å². The zero-order valence-electron chi connectivity index (χ0n) is 21.0. The molecule has 0 aliphatic carbocycles. The van der Waals surface area contributed by atoms with E-state index >= 15 is 0 Å². The van der Waals surface area contributed by atoms with Gasteiger partial charge in [0.2, 0.25) is 5.79 Å².